The lowest BCUT2D eigenvalue weighted by molar-refractivity contribution is 0.0726. The molecule has 130 valence electrons. The third-order valence-corrected chi connectivity index (χ3v) is 4.52. The summed E-state index contributed by atoms with van der Waals surface area (Å²) in [4.78, 5) is 22.1. The zero-order valence-corrected chi connectivity index (χ0v) is 14.6. The molecule has 0 saturated heterocycles. The summed E-state index contributed by atoms with van der Waals surface area (Å²) in [6, 6.07) is 2.01. The number of nitrogens with zero attached hydrogens (tertiary/aromatic N) is 6. The van der Waals surface area contributed by atoms with E-state index in [1.165, 1.54) is 5.69 Å². The molecule has 4 heterocycles. The highest BCUT2D eigenvalue weighted by Gasteiger charge is 2.30. The number of imidazole rings is 1. The van der Waals surface area contributed by atoms with Crippen molar-refractivity contribution in [1.29, 1.82) is 0 Å². The number of fused-ring (bicyclic) bond motifs is 1. The van der Waals surface area contributed by atoms with Gasteiger partial charge in [-0.3, -0.25) is 14.2 Å². The molecule has 8 nitrogen and oxygen atoms in total. The Kier molecular flexibility index (Phi) is 3.67. The number of aromatic amines is 1. The first-order valence-electron chi connectivity index (χ1n) is 8.43. The van der Waals surface area contributed by atoms with E-state index in [4.69, 9.17) is 5.10 Å². The van der Waals surface area contributed by atoms with E-state index in [9.17, 15) is 4.79 Å². The van der Waals surface area contributed by atoms with Gasteiger partial charge in [0, 0.05) is 55.9 Å². The van der Waals surface area contributed by atoms with Crippen LogP contribution in [0.25, 0.3) is 11.5 Å². The molecule has 1 aliphatic rings. The van der Waals surface area contributed by atoms with Crippen LogP contribution in [0, 0.1) is 0 Å². The normalized spacial score (nSPS) is 14.2. The van der Waals surface area contributed by atoms with Gasteiger partial charge < -0.3 is 9.88 Å². The van der Waals surface area contributed by atoms with Crippen LogP contribution >= 0.6 is 0 Å². The monoisotopic (exact) mass is 339 g/mol. The summed E-state index contributed by atoms with van der Waals surface area (Å²) in [5, 5.41) is 9.00. The van der Waals surface area contributed by atoms with Crippen molar-refractivity contribution in [1.82, 2.24) is 34.4 Å². The molecular formula is C17H21N7O. The fourth-order valence-corrected chi connectivity index (χ4v) is 3.32. The second kappa shape index (κ2) is 5.87. The lowest BCUT2D eigenvalue weighted by Gasteiger charge is -2.27. The van der Waals surface area contributed by atoms with Gasteiger partial charge in [-0.2, -0.15) is 10.2 Å². The van der Waals surface area contributed by atoms with Crippen molar-refractivity contribution in [3.05, 3.63) is 41.6 Å². The van der Waals surface area contributed by atoms with Crippen LogP contribution in [0.3, 0.4) is 0 Å². The van der Waals surface area contributed by atoms with E-state index in [-0.39, 0.29) is 11.9 Å². The molecule has 0 fully saturated rings. The fraction of sp³-hybridized carbons (Fsp3) is 0.412. The average Bonchev–Trinajstić information content (AvgIpc) is 3.32. The van der Waals surface area contributed by atoms with Crippen LogP contribution in [-0.4, -0.2) is 46.9 Å². The van der Waals surface area contributed by atoms with E-state index in [1.54, 1.807) is 29.3 Å². The van der Waals surface area contributed by atoms with Crippen LogP contribution in [0.4, 0.5) is 0 Å². The second-order valence-electron chi connectivity index (χ2n) is 6.60. The third kappa shape index (κ3) is 2.63. The van der Waals surface area contributed by atoms with Crippen molar-refractivity contribution in [3.63, 3.8) is 0 Å². The molecule has 0 aromatic carbocycles. The molecule has 0 aliphatic carbocycles. The zero-order valence-electron chi connectivity index (χ0n) is 14.6. The number of nitrogens with one attached hydrogen (secondary N) is 1. The van der Waals surface area contributed by atoms with Crippen LogP contribution < -0.4 is 0 Å². The minimum Gasteiger partial charge on any atom is -0.343 e. The van der Waals surface area contributed by atoms with Crippen molar-refractivity contribution in [2.75, 3.05) is 6.54 Å². The molecule has 8 heteroatoms. The average molecular weight is 339 g/mol. The number of H-pyrrole nitrogens is 1. The Bertz CT molecular complexity index is 904. The largest absolute Gasteiger partial charge is 0.343 e. The van der Waals surface area contributed by atoms with E-state index in [0.717, 1.165) is 23.5 Å². The molecule has 0 saturated carbocycles. The van der Waals surface area contributed by atoms with E-state index in [1.807, 2.05) is 11.9 Å². The fourth-order valence-electron chi connectivity index (χ4n) is 3.32. The van der Waals surface area contributed by atoms with Crippen LogP contribution in [-0.2, 0) is 20.0 Å². The summed E-state index contributed by atoms with van der Waals surface area (Å²) in [5.41, 5.74) is 3.56. The summed E-state index contributed by atoms with van der Waals surface area (Å²) in [5.74, 6) is 0.691. The Labute approximate surface area is 145 Å². The molecule has 3 aromatic rings. The number of carbonyl (C=O) groups excluding carboxylic acids is 1. The Morgan fingerprint density at radius 2 is 2.16 bits per heavy atom. The maximum atomic E-state index is 12.8. The number of aryl methyl sites for hydroxylation is 1. The highest BCUT2D eigenvalue weighted by atomic mass is 16.2. The molecule has 1 amide bonds. The van der Waals surface area contributed by atoms with E-state index in [0.29, 0.717) is 18.8 Å². The maximum Gasteiger partial charge on any atom is 0.274 e. The Morgan fingerprint density at radius 3 is 2.80 bits per heavy atom. The van der Waals surface area contributed by atoms with Gasteiger partial charge in [0.1, 0.15) is 11.4 Å². The van der Waals surface area contributed by atoms with Crippen molar-refractivity contribution >= 4 is 5.91 Å². The van der Waals surface area contributed by atoms with Crippen LogP contribution in [0.1, 0.15) is 41.6 Å². The molecule has 3 aromatic heterocycles. The summed E-state index contributed by atoms with van der Waals surface area (Å²) < 4.78 is 3.70. The van der Waals surface area contributed by atoms with E-state index < -0.39 is 0 Å². The molecular weight excluding hydrogens is 318 g/mol. The van der Waals surface area contributed by atoms with Gasteiger partial charge in [0.05, 0.1) is 6.54 Å². The first kappa shape index (κ1) is 15.6. The number of aromatic nitrogens is 6. The molecule has 0 atom stereocenters. The first-order valence-corrected chi connectivity index (χ1v) is 8.43. The SMILES string of the molecule is CC(C)n1nc(-c2ncc[nH]2)c2c1CCN(C(=O)c1ccn(C)n1)C2. The number of carbonyl (C=O) groups is 1. The third-order valence-electron chi connectivity index (χ3n) is 4.52. The van der Waals surface area contributed by atoms with E-state index >= 15 is 0 Å². The van der Waals surface area contributed by atoms with Gasteiger partial charge in [-0.05, 0) is 19.9 Å². The Hall–Kier alpha value is -2.90. The summed E-state index contributed by atoms with van der Waals surface area (Å²) in [7, 11) is 1.81. The summed E-state index contributed by atoms with van der Waals surface area (Å²) in [6.07, 6.45) is 6.07. The molecule has 0 unspecified atom stereocenters. The van der Waals surface area contributed by atoms with Crippen LogP contribution in [0.15, 0.2) is 24.7 Å². The second-order valence-corrected chi connectivity index (χ2v) is 6.60. The quantitative estimate of drug-likeness (QED) is 0.788. The zero-order chi connectivity index (χ0) is 17.6. The number of rotatable bonds is 3. The number of hydrogen-bond donors (Lipinski definition) is 1. The molecule has 25 heavy (non-hydrogen) atoms. The van der Waals surface area contributed by atoms with Gasteiger partial charge >= 0.3 is 0 Å². The topological polar surface area (TPSA) is 84.6 Å². The van der Waals surface area contributed by atoms with Crippen molar-refractivity contribution in [2.24, 2.45) is 7.05 Å². The standard InChI is InChI=1S/C17H21N7O/c1-11(2)24-14-5-9-23(17(25)13-4-8-22(3)20-13)10-12(14)15(21-24)16-18-6-7-19-16/h4,6-8,11H,5,9-10H2,1-3H3,(H,18,19). The van der Waals surface area contributed by atoms with Gasteiger partial charge in [-0.1, -0.05) is 0 Å². The van der Waals surface area contributed by atoms with Crippen molar-refractivity contribution in [2.45, 2.75) is 32.9 Å². The van der Waals surface area contributed by atoms with Gasteiger partial charge in [-0.15, -0.1) is 0 Å². The summed E-state index contributed by atoms with van der Waals surface area (Å²) in [6.45, 7) is 5.42. The smallest absolute Gasteiger partial charge is 0.274 e. The lowest BCUT2D eigenvalue weighted by Crippen LogP contribution is -2.36. The number of hydrogen-bond acceptors (Lipinski definition) is 4. The molecule has 4 rings (SSSR count). The lowest BCUT2D eigenvalue weighted by atomic mass is 10.0. The summed E-state index contributed by atoms with van der Waals surface area (Å²) >= 11 is 0. The first-order chi connectivity index (χ1) is 12.0. The predicted molar refractivity (Wildman–Crippen MR) is 91.8 cm³/mol. The number of amides is 1. The minimum atomic E-state index is -0.0473. The predicted octanol–water partition coefficient (Wildman–Crippen LogP) is 1.79. The van der Waals surface area contributed by atoms with Gasteiger partial charge in [0.15, 0.2) is 5.82 Å². The Morgan fingerprint density at radius 1 is 1.32 bits per heavy atom. The van der Waals surface area contributed by atoms with E-state index in [2.05, 4.69) is 33.6 Å². The van der Waals surface area contributed by atoms with Gasteiger partial charge in [-0.25, -0.2) is 4.98 Å². The molecule has 0 radical (unpaired) electrons. The van der Waals surface area contributed by atoms with Gasteiger partial charge in [0.25, 0.3) is 5.91 Å². The van der Waals surface area contributed by atoms with Crippen molar-refractivity contribution < 1.29 is 4.79 Å². The van der Waals surface area contributed by atoms with Crippen LogP contribution in [0.5, 0.6) is 0 Å². The molecule has 0 bridgehead atoms. The highest BCUT2D eigenvalue weighted by Crippen LogP contribution is 2.30. The molecule has 0 spiro atoms. The minimum absolute atomic E-state index is 0.0473. The molecule has 1 aliphatic heterocycles. The Balaban J connectivity index is 1.71. The van der Waals surface area contributed by atoms with Gasteiger partial charge in [0.2, 0.25) is 0 Å². The highest BCUT2D eigenvalue weighted by molar-refractivity contribution is 5.92. The maximum absolute atomic E-state index is 12.8. The van der Waals surface area contributed by atoms with Crippen molar-refractivity contribution in [3.8, 4) is 11.5 Å². The van der Waals surface area contributed by atoms with Crippen LogP contribution in [0.2, 0.25) is 0 Å². The molecule has 1 N–H and O–H groups in total.